The Morgan fingerprint density at radius 2 is 1.00 bits per heavy atom. The average Bonchev–Trinajstić information content (AvgIpc) is 2.97. The molecule has 1 heterocycles. The van der Waals surface area contributed by atoms with E-state index < -0.39 is 5.41 Å². The Morgan fingerprint density at radius 1 is 0.500 bits per heavy atom. The van der Waals surface area contributed by atoms with Crippen LogP contribution in [-0.4, -0.2) is 5.11 Å². The number of fused-ring (bicyclic) bond motifs is 3. The van der Waals surface area contributed by atoms with Crippen molar-refractivity contribution in [1.29, 1.82) is 0 Å². The minimum Gasteiger partial charge on any atom is -0.508 e. The molecule has 0 aromatic heterocycles. The number of anilines is 3. The zero-order chi connectivity index (χ0) is 25.7. The lowest BCUT2D eigenvalue weighted by Crippen LogP contribution is -2.38. The molecular weight excluding hydrogens is 462 g/mol. The van der Waals surface area contributed by atoms with Crippen LogP contribution in [0.2, 0.25) is 0 Å². The van der Waals surface area contributed by atoms with Crippen LogP contribution in [0, 0.1) is 6.92 Å². The predicted octanol–water partition coefficient (Wildman–Crippen LogP) is 9.02. The summed E-state index contributed by atoms with van der Waals surface area (Å²) >= 11 is 0. The molecule has 7 rings (SSSR count). The van der Waals surface area contributed by atoms with E-state index in [1.165, 1.54) is 21.9 Å². The Hall–Kier alpha value is -4.82. The van der Waals surface area contributed by atoms with E-state index in [4.69, 9.17) is 0 Å². The molecular formula is C36H27NO. The number of aryl methyl sites for hydroxylation is 1. The van der Waals surface area contributed by atoms with Crippen LogP contribution in [0.25, 0.3) is 10.8 Å². The number of para-hydroxylation sites is 4. The molecule has 6 aromatic rings. The Kier molecular flexibility index (Phi) is 5.09. The summed E-state index contributed by atoms with van der Waals surface area (Å²) in [4.78, 5) is 2.35. The van der Waals surface area contributed by atoms with E-state index >= 15 is 0 Å². The van der Waals surface area contributed by atoms with Crippen LogP contribution in [0.5, 0.6) is 5.75 Å². The summed E-state index contributed by atoms with van der Waals surface area (Å²) in [6.45, 7) is 2.19. The number of benzene rings is 6. The molecule has 0 bridgehead atoms. The Labute approximate surface area is 223 Å². The molecule has 0 saturated heterocycles. The van der Waals surface area contributed by atoms with Gasteiger partial charge in [-0.05, 0) is 76.3 Å². The summed E-state index contributed by atoms with van der Waals surface area (Å²) in [5.74, 6) is 0.290. The Bertz CT molecular complexity index is 1760. The van der Waals surface area contributed by atoms with Gasteiger partial charge < -0.3 is 10.0 Å². The summed E-state index contributed by atoms with van der Waals surface area (Å²) in [6.07, 6.45) is 0. The van der Waals surface area contributed by atoms with Crippen molar-refractivity contribution in [2.45, 2.75) is 12.3 Å². The highest BCUT2D eigenvalue weighted by Crippen LogP contribution is 2.59. The van der Waals surface area contributed by atoms with Crippen molar-refractivity contribution < 1.29 is 5.11 Å². The Balaban J connectivity index is 1.68. The van der Waals surface area contributed by atoms with Gasteiger partial charge in [0.2, 0.25) is 0 Å². The van der Waals surface area contributed by atoms with E-state index in [-0.39, 0.29) is 5.75 Å². The van der Waals surface area contributed by atoms with Crippen LogP contribution in [0.3, 0.4) is 0 Å². The molecule has 2 nitrogen and oxygen atoms in total. The molecule has 0 unspecified atom stereocenters. The molecule has 2 heteroatoms. The van der Waals surface area contributed by atoms with Gasteiger partial charge in [0.1, 0.15) is 5.75 Å². The minimum absolute atomic E-state index is 0.290. The fraction of sp³-hybridized carbons (Fsp3) is 0.0556. The van der Waals surface area contributed by atoms with Crippen LogP contribution >= 0.6 is 0 Å². The maximum Gasteiger partial charge on any atom is 0.120 e. The van der Waals surface area contributed by atoms with Gasteiger partial charge in [-0.2, -0.15) is 0 Å². The van der Waals surface area contributed by atoms with E-state index in [0.29, 0.717) is 0 Å². The van der Waals surface area contributed by atoms with Gasteiger partial charge in [0.25, 0.3) is 0 Å². The SMILES string of the molecule is Cc1cc2ccccc2cc1C1(c2ccccc2O)c2ccccc2N(c2ccccc2)c2ccccc21. The highest BCUT2D eigenvalue weighted by Gasteiger charge is 2.48. The van der Waals surface area contributed by atoms with E-state index in [1.54, 1.807) is 0 Å². The number of hydrogen-bond donors (Lipinski definition) is 1. The fourth-order valence-corrected chi connectivity index (χ4v) is 6.38. The summed E-state index contributed by atoms with van der Waals surface area (Å²) in [5, 5.41) is 13.9. The second kappa shape index (κ2) is 8.64. The van der Waals surface area contributed by atoms with Crippen molar-refractivity contribution in [3.8, 4) is 5.75 Å². The van der Waals surface area contributed by atoms with Crippen molar-refractivity contribution in [3.63, 3.8) is 0 Å². The van der Waals surface area contributed by atoms with Gasteiger partial charge in [-0.25, -0.2) is 0 Å². The standard InChI is InChI=1S/C36H27NO/c1-25-23-26-13-5-6-14-27(26)24-32(25)36(31-19-9-12-22-35(31)38)29-17-7-10-20-33(29)37(28-15-3-2-4-16-28)34-21-11-8-18-30(34)36/h2-24,38H,1H3. The van der Waals surface area contributed by atoms with Gasteiger partial charge in [-0.1, -0.05) is 103 Å². The van der Waals surface area contributed by atoms with Crippen molar-refractivity contribution in [3.05, 3.63) is 167 Å². The highest BCUT2D eigenvalue weighted by molar-refractivity contribution is 5.92. The molecule has 0 spiro atoms. The number of aromatic hydroxyl groups is 1. The van der Waals surface area contributed by atoms with Gasteiger partial charge >= 0.3 is 0 Å². The monoisotopic (exact) mass is 489 g/mol. The third-order valence-electron chi connectivity index (χ3n) is 7.92. The lowest BCUT2D eigenvalue weighted by Gasteiger charge is -2.47. The number of phenolic OH excluding ortho intramolecular Hbond substituents is 1. The fourth-order valence-electron chi connectivity index (χ4n) is 6.38. The molecule has 1 N–H and O–H groups in total. The zero-order valence-corrected chi connectivity index (χ0v) is 21.2. The van der Waals surface area contributed by atoms with Crippen LogP contribution in [0.15, 0.2) is 140 Å². The molecule has 38 heavy (non-hydrogen) atoms. The zero-order valence-electron chi connectivity index (χ0n) is 21.2. The van der Waals surface area contributed by atoms with Gasteiger partial charge in [-0.3, -0.25) is 0 Å². The Morgan fingerprint density at radius 3 is 1.63 bits per heavy atom. The molecule has 182 valence electrons. The van der Waals surface area contributed by atoms with Crippen LogP contribution < -0.4 is 4.90 Å². The van der Waals surface area contributed by atoms with Crippen molar-refractivity contribution >= 4 is 27.8 Å². The van der Waals surface area contributed by atoms with Crippen molar-refractivity contribution in [2.24, 2.45) is 0 Å². The third-order valence-corrected chi connectivity index (χ3v) is 7.92. The second-order valence-corrected chi connectivity index (χ2v) is 9.99. The second-order valence-electron chi connectivity index (χ2n) is 9.99. The number of nitrogens with zero attached hydrogens (tertiary/aromatic N) is 1. The molecule has 0 amide bonds. The topological polar surface area (TPSA) is 23.5 Å². The van der Waals surface area contributed by atoms with Gasteiger partial charge in [0.15, 0.2) is 0 Å². The summed E-state index contributed by atoms with van der Waals surface area (Å²) in [7, 11) is 0. The normalized spacial score (nSPS) is 13.7. The molecule has 6 aromatic carbocycles. The average molecular weight is 490 g/mol. The molecule has 1 aliphatic rings. The van der Waals surface area contributed by atoms with Crippen molar-refractivity contribution in [2.75, 3.05) is 4.90 Å². The molecule has 0 aliphatic carbocycles. The first-order chi connectivity index (χ1) is 18.7. The first-order valence-electron chi connectivity index (χ1n) is 13.0. The number of phenols is 1. The van der Waals surface area contributed by atoms with Gasteiger partial charge in [-0.15, -0.1) is 0 Å². The van der Waals surface area contributed by atoms with E-state index in [9.17, 15) is 5.11 Å². The lowest BCUT2D eigenvalue weighted by atomic mass is 9.61. The molecule has 1 aliphatic heterocycles. The number of hydrogen-bond acceptors (Lipinski definition) is 2. The number of rotatable bonds is 3. The minimum atomic E-state index is -0.724. The predicted molar refractivity (Wildman–Crippen MR) is 157 cm³/mol. The quantitative estimate of drug-likeness (QED) is 0.268. The van der Waals surface area contributed by atoms with Crippen molar-refractivity contribution in [1.82, 2.24) is 0 Å². The summed E-state index contributed by atoms with van der Waals surface area (Å²) in [5.41, 5.74) is 8.11. The largest absolute Gasteiger partial charge is 0.508 e. The highest BCUT2D eigenvalue weighted by atomic mass is 16.3. The summed E-state index contributed by atoms with van der Waals surface area (Å²) < 4.78 is 0. The smallest absolute Gasteiger partial charge is 0.120 e. The van der Waals surface area contributed by atoms with Crippen LogP contribution in [0.4, 0.5) is 17.1 Å². The lowest BCUT2D eigenvalue weighted by molar-refractivity contribution is 0.460. The molecule has 0 atom stereocenters. The third kappa shape index (κ3) is 3.13. The molecule has 0 fully saturated rings. The van der Waals surface area contributed by atoms with E-state index in [1.807, 2.05) is 18.2 Å². The summed E-state index contributed by atoms with van der Waals surface area (Å²) in [6, 6.07) is 48.7. The van der Waals surface area contributed by atoms with E-state index in [2.05, 4.69) is 133 Å². The maximum absolute atomic E-state index is 11.5. The first-order valence-corrected chi connectivity index (χ1v) is 13.0. The van der Waals surface area contributed by atoms with Gasteiger partial charge in [0, 0.05) is 11.3 Å². The van der Waals surface area contributed by atoms with Crippen LogP contribution in [-0.2, 0) is 5.41 Å². The van der Waals surface area contributed by atoms with Gasteiger partial charge in [0.05, 0.1) is 16.8 Å². The van der Waals surface area contributed by atoms with Crippen LogP contribution in [0.1, 0.15) is 27.8 Å². The molecule has 0 saturated carbocycles. The maximum atomic E-state index is 11.5. The first kappa shape index (κ1) is 22.4. The van der Waals surface area contributed by atoms with E-state index in [0.717, 1.165) is 33.8 Å². The molecule has 0 radical (unpaired) electrons.